The summed E-state index contributed by atoms with van der Waals surface area (Å²) in [5.41, 5.74) is 4.49. The number of ether oxygens (including phenoxy) is 2. The molecule has 1 fully saturated rings. The van der Waals surface area contributed by atoms with Gasteiger partial charge in [0.25, 0.3) is 5.91 Å². The van der Waals surface area contributed by atoms with Gasteiger partial charge in [-0.25, -0.2) is 17.9 Å². The van der Waals surface area contributed by atoms with Crippen LogP contribution in [0, 0.1) is 26.7 Å². The smallest absolute Gasteiger partial charge is 0.410 e. The third kappa shape index (κ3) is 7.80. The number of sulfonamides is 1. The summed E-state index contributed by atoms with van der Waals surface area (Å²) in [6.45, 7) is 7.17. The van der Waals surface area contributed by atoms with Crippen molar-refractivity contribution in [2.75, 3.05) is 25.4 Å². The Morgan fingerprint density at radius 2 is 1.73 bits per heavy atom. The van der Waals surface area contributed by atoms with Crippen LogP contribution in [0.5, 0.6) is 5.75 Å². The lowest BCUT2D eigenvalue weighted by Gasteiger charge is -2.31. The van der Waals surface area contributed by atoms with E-state index >= 15 is 0 Å². The Hall–Kier alpha value is -4.02. The lowest BCUT2D eigenvalue weighted by molar-refractivity contribution is 0.0811. The molecule has 11 heteroatoms. The summed E-state index contributed by atoms with van der Waals surface area (Å²) < 4.78 is 42.3. The van der Waals surface area contributed by atoms with E-state index in [0.29, 0.717) is 36.5 Å². The van der Waals surface area contributed by atoms with Gasteiger partial charge in [0.1, 0.15) is 24.7 Å². The normalized spacial score (nSPS) is 15.2. The van der Waals surface area contributed by atoms with Crippen molar-refractivity contribution < 1.29 is 27.5 Å². The van der Waals surface area contributed by atoms with E-state index in [-0.39, 0.29) is 37.1 Å². The largest absolute Gasteiger partial charge is 0.491 e. The maximum absolute atomic E-state index is 13.7. The molecule has 45 heavy (non-hydrogen) atoms. The molecule has 5 rings (SSSR count). The van der Waals surface area contributed by atoms with E-state index in [4.69, 9.17) is 21.1 Å². The molecule has 0 aliphatic carbocycles. The van der Waals surface area contributed by atoms with E-state index in [9.17, 15) is 18.0 Å². The Morgan fingerprint density at radius 1 is 1.00 bits per heavy atom. The number of nitrogens with one attached hydrogen (secondary N) is 1. The molecule has 238 valence electrons. The fourth-order valence-corrected chi connectivity index (χ4v) is 7.53. The van der Waals surface area contributed by atoms with Crippen LogP contribution >= 0.6 is 11.6 Å². The van der Waals surface area contributed by atoms with Crippen molar-refractivity contribution >= 4 is 44.5 Å². The number of aromatic nitrogens is 1. The molecule has 9 nitrogen and oxygen atoms in total. The minimum absolute atomic E-state index is 0.142. The van der Waals surface area contributed by atoms with Gasteiger partial charge in [-0.15, -0.1) is 0 Å². The highest BCUT2D eigenvalue weighted by molar-refractivity contribution is 7.90. The average molecular weight is 652 g/mol. The molecule has 4 aromatic rings. The van der Waals surface area contributed by atoms with E-state index in [0.717, 1.165) is 33.3 Å². The van der Waals surface area contributed by atoms with Crippen LogP contribution in [0.1, 0.15) is 45.6 Å². The van der Waals surface area contributed by atoms with Crippen molar-refractivity contribution in [3.63, 3.8) is 0 Å². The zero-order valence-corrected chi connectivity index (χ0v) is 27.3. The minimum atomic E-state index is -4.04. The number of carbonyl (C=O) groups excluding carboxylic acids is 2. The molecule has 1 aliphatic rings. The maximum Gasteiger partial charge on any atom is 0.410 e. The molecule has 1 aliphatic heterocycles. The van der Waals surface area contributed by atoms with Gasteiger partial charge in [-0.2, -0.15) is 0 Å². The second-order valence-corrected chi connectivity index (χ2v) is 13.8. The fraction of sp³-hybridized carbons (Fsp3) is 0.353. The lowest BCUT2D eigenvalue weighted by atomic mass is 10.0. The molecule has 1 saturated heterocycles. The summed E-state index contributed by atoms with van der Waals surface area (Å²) in [7, 11) is -4.04. The van der Waals surface area contributed by atoms with Gasteiger partial charge >= 0.3 is 6.09 Å². The highest BCUT2D eigenvalue weighted by Gasteiger charge is 2.31. The van der Waals surface area contributed by atoms with Crippen molar-refractivity contribution in [2.24, 2.45) is 5.92 Å². The molecule has 3 aromatic carbocycles. The van der Waals surface area contributed by atoms with Crippen molar-refractivity contribution in [1.82, 2.24) is 14.2 Å². The van der Waals surface area contributed by atoms with E-state index in [1.54, 1.807) is 23.6 Å². The van der Waals surface area contributed by atoms with Crippen LogP contribution in [0.15, 0.2) is 66.7 Å². The second-order valence-electron chi connectivity index (χ2n) is 11.6. The number of benzene rings is 3. The van der Waals surface area contributed by atoms with Crippen molar-refractivity contribution in [1.29, 1.82) is 0 Å². The Kier molecular flexibility index (Phi) is 10.0. The highest BCUT2D eigenvalue weighted by Crippen LogP contribution is 2.29. The van der Waals surface area contributed by atoms with Crippen LogP contribution < -0.4 is 9.46 Å². The number of rotatable bonds is 10. The van der Waals surface area contributed by atoms with Crippen molar-refractivity contribution in [2.45, 2.75) is 46.8 Å². The van der Waals surface area contributed by atoms with E-state index in [2.05, 4.69) is 4.72 Å². The van der Waals surface area contributed by atoms with Gasteiger partial charge in [0.2, 0.25) is 10.0 Å². The minimum Gasteiger partial charge on any atom is -0.491 e. The van der Waals surface area contributed by atoms with Crippen LogP contribution in [0.2, 0.25) is 5.02 Å². The predicted molar refractivity (Wildman–Crippen MR) is 175 cm³/mol. The molecule has 1 atom stereocenters. The van der Waals surface area contributed by atoms with Crippen LogP contribution in [-0.4, -0.2) is 55.3 Å². The first-order chi connectivity index (χ1) is 21.5. The van der Waals surface area contributed by atoms with E-state index in [1.807, 2.05) is 68.4 Å². The molecule has 0 unspecified atom stereocenters. The summed E-state index contributed by atoms with van der Waals surface area (Å²) in [6.07, 6.45) is 0.778. The van der Waals surface area contributed by atoms with Gasteiger partial charge in [0.15, 0.2) is 0 Å². The summed E-state index contributed by atoms with van der Waals surface area (Å²) in [5, 5.41) is 1.27. The third-order valence-electron chi connectivity index (χ3n) is 8.15. The highest BCUT2D eigenvalue weighted by atomic mass is 35.5. The predicted octanol–water partition coefficient (Wildman–Crippen LogP) is 6.41. The lowest BCUT2D eigenvalue weighted by Crippen LogP contribution is -2.44. The molecular formula is C34H38ClN3O6S. The van der Waals surface area contributed by atoms with Crippen LogP contribution in [0.3, 0.4) is 0 Å². The first-order valence-corrected chi connectivity index (χ1v) is 17.0. The Balaban J connectivity index is 1.27. The first kappa shape index (κ1) is 32.4. The van der Waals surface area contributed by atoms with Gasteiger partial charge < -0.3 is 18.9 Å². The summed E-state index contributed by atoms with van der Waals surface area (Å²) >= 11 is 6.28. The van der Waals surface area contributed by atoms with Crippen molar-refractivity contribution in [3.8, 4) is 5.75 Å². The van der Waals surface area contributed by atoms with Crippen LogP contribution in [0.4, 0.5) is 4.79 Å². The number of carbonyl (C=O) groups is 2. The van der Waals surface area contributed by atoms with E-state index in [1.165, 1.54) is 4.90 Å². The van der Waals surface area contributed by atoms with E-state index < -0.39 is 22.0 Å². The molecule has 1 N–H and O–H groups in total. The molecule has 0 radical (unpaired) electrons. The summed E-state index contributed by atoms with van der Waals surface area (Å²) in [4.78, 5) is 27.9. The van der Waals surface area contributed by atoms with Crippen molar-refractivity contribution in [3.05, 3.63) is 99.7 Å². The first-order valence-electron chi connectivity index (χ1n) is 15.0. The molecule has 2 heterocycles. The number of para-hydroxylation sites is 1. The topological polar surface area (TPSA) is 107 Å². The maximum atomic E-state index is 13.7. The molecule has 0 spiro atoms. The zero-order chi connectivity index (χ0) is 32.1. The van der Waals surface area contributed by atoms with Gasteiger partial charge in [-0.05, 0) is 80.0 Å². The number of nitrogens with zero attached hydrogens (tertiary/aromatic N) is 2. The number of hydrogen-bond donors (Lipinski definition) is 1. The Bertz CT molecular complexity index is 1790. The molecular weight excluding hydrogens is 614 g/mol. The molecule has 2 amide bonds. The Morgan fingerprint density at radius 3 is 2.47 bits per heavy atom. The second kappa shape index (κ2) is 14.0. The number of fused-ring (bicyclic) bond motifs is 1. The third-order valence-corrected chi connectivity index (χ3v) is 9.79. The van der Waals surface area contributed by atoms with Crippen LogP contribution in [0.25, 0.3) is 10.9 Å². The quantitative estimate of drug-likeness (QED) is 0.212. The van der Waals surface area contributed by atoms with Gasteiger partial charge in [-0.3, -0.25) is 4.79 Å². The van der Waals surface area contributed by atoms with Gasteiger partial charge in [0.05, 0.1) is 12.3 Å². The molecule has 0 saturated carbocycles. The number of amides is 2. The monoisotopic (exact) mass is 651 g/mol. The summed E-state index contributed by atoms with van der Waals surface area (Å²) in [6, 6.07) is 20.6. The fourth-order valence-electron chi connectivity index (χ4n) is 6.00. The summed E-state index contributed by atoms with van der Waals surface area (Å²) in [5.74, 6) is -0.568. The zero-order valence-electron chi connectivity index (χ0n) is 25.7. The number of piperidine rings is 1. The number of aryl methyl sites for hydroxylation is 3. The number of hydrogen-bond acceptors (Lipinski definition) is 6. The molecule has 1 aromatic heterocycles. The van der Waals surface area contributed by atoms with Gasteiger partial charge in [-0.1, -0.05) is 60.1 Å². The SMILES string of the molecule is Cc1cccc(C)c1OCCn1c(C(=O)NS(=O)(=O)C[C@H]2CCCN(C(=O)OCc3ccccc3)C2)c(C)c2cc(Cl)ccc21. The number of likely N-dealkylation sites (tertiary alicyclic amines) is 1. The standard InChI is InChI=1S/C34H38ClN3O6S/c1-23-9-7-10-24(2)32(23)43-18-17-38-30-15-14-28(35)19-29(30)25(3)31(38)33(39)36-45(41,42)22-27-13-8-16-37(20-27)34(40)44-21-26-11-5-4-6-12-26/h4-7,9-12,14-15,19,27H,8,13,16-18,20-22H2,1-3H3,(H,36,39)/t27-/m0/s1. The van der Waals surface area contributed by atoms with Gasteiger partial charge in [0, 0.05) is 29.0 Å². The van der Waals surface area contributed by atoms with Crippen LogP contribution in [-0.2, 0) is 27.9 Å². The average Bonchev–Trinajstić information content (AvgIpc) is 3.28. The molecule has 0 bridgehead atoms. The Labute approximate surface area is 269 Å². The number of halogens is 1.